The molecule has 1 aromatic heterocycles. The molecule has 278 valence electrons. The average molecular weight is 751 g/mol. The number of aryl methyl sites for hydroxylation is 2. The first kappa shape index (κ1) is 36.4. The Morgan fingerprint density at radius 1 is 1.17 bits per heavy atom. The lowest BCUT2D eigenvalue weighted by Gasteiger charge is -2.46. The maximum Gasteiger partial charge on any atom is 0.257 e. The average Bonchev–Trinajstić information content (AvgIpc) is 3.44. The summed E-state index contributed by atoms with van der Waals surface area (Å²) in [5, 5.41) is 17.7. The van der Waals surface area contributed by atoms with Crippen molar-refractivity contribution in [3.63, 3.8) is 0 Å². The van der Waals surface area contributed by atoms with Crippen molar-refractivity contribution in [1.82, 2.24) is 15.1 Å². The minimum Gasteiger partial charge on any atom is -0.490 e. The molecule has 7 rings (SSSR count). The van der Waals surface area contributed by atoms with Crippen LogP contribution in [0.3, 0.4) is 0 Å². The third-order valence-electron chi connectivity index (χ3n) is 11.3. The van der Waals surface area contributed by atoms with Crippen LogP contribution in [0.2, 0.25) is 5.02 Å². The van der Waals surface area contributed by atoms with Crippen LogP contribution in [0, 0.1) is 17.8 Å². The highest BCUT2D eigenvalue weighted by Crippen LogP contribution is 2.47. The summed E-state index contributed by atoms with van der Waals surface area (Å²) in [7, 11) is 2.41. The van der Waals surface area contributed by atoms with Crippen molar-refractivity contribution >= 4 is 39.7 Å². The standard InChI is InChI=1S/C38H45ClN5O7S/c1-22-31(45)12-14-32(49-3)27-10-7-25(27)18-44-20-38(15-5-6-23-16-26(39)9-11-29(23)38)21-51-33-13-8-24(17-30(33)44)34(46)42-52(48)37(22)40-35(47)28-19-43(2)41-36(28)50-4/h8-9,11-14,16-17,19,22,25,27,31-32,37,45H,5-7,10,15,18,20-21H2,1-4H3,(H,40,47)/q-1/b14-12+/t22-,25-,27+,31+,32-,37?,38-/m0/s1. The normalized spacial score (nSPS) is 29.8. The van der Waals surface area contributed by atoms with Gasteiger partial charge in [-0.1, -0.05) is 36.7 Å². The number of hydrogen-bond donors (Lipinski definition) is 2. The molecule has 2 aliphatic carbocycles. The summed E-state index contributed by atoms with van der Waals surface area (Å²) in [4.78, 5) is 29.6. The van der Waals surface area contributed by atoms with Gasteiger partial charge in [-0.2, -0.15) is 10.6 Å². The summed E-state index contributed by atoms with van der Waals surface area (Å²) in [6, 6.07) is 11.4. The molecule has 12 nitrogen and oxygen atoms in total. The number of hydrogen-bond acceptors (Lipinski definition) is 10. The third-order valence-corrected chi connectivity index (χ3v) is 12.9. The Hall–Kier alpha value is -3.91. The summed E-state index contributed by atoms with van der Waals surface area (Å²) in [5.74, 6) is -0.954. The van der Waals surface area contributed by atoms with Crippen molar-refractivity contribution < 1.29 is 33.1 Å². The van der Waals surface area contributed by atoms with Gasteiger partial charge in [0.05, 0.1) is 31.6 Å². The van der Waals surface area contributed by atoms with Crippen LogP contribution in [0.4, 0.5) is 5.69 Å². The second kappa shape index (κ2) is 14.8. The molecule has 14 heteroatoms. The molecule has 0 radical (unpaired) electrons. The van der Waals surface area contributed by atoms with E-state index >= 15 is 0 Å². The first-order chi connectivity index (χ1) is 25.0. The molecule has 7 atom stereocenters. The monoisotopic (exact) mass is 750 g/mol. The Bertz CT molecular complexity index is 1980. The van der Waals surface area contributed by atoms with Gasteiger partial charge in [-0.3, -0.25) is 14.3 Å². The fraction of sp³-hybridized carbons (Fsp3) is 0.500. The Balaban J connectivity index is 1.29. The Labute approximate surface area is 310 Å². The molecule has 2 bridgehead atoms. The van der Waals surface area contributed by atoms with Crippen LogP contribution in [0.15, 0.2) is 59.1 Å². The number of methoxy groups -OCH3 is 2. The van der Waals surface area contributed by atoms with Crippen molar-refractivity contribution in [2.45, 2.75) is 62.0 Å². The molecule has 3 aromatic rings. The molecule has 1 fully saturated rings. The van der Waals surface area contributed by atoms with Crippen molar-refractivity contribution in [2.75, 3.05) is 38.8 Å². The zero-order valence-electron chi connectivity index (χ0n) is 29.8. The molecule has 2 aliphatic heterocycles. The molecular formula is C38H45ClN5O7S-. The minimum atomic E-state index is -2.30. The Morgan fingerprint density at radius 3 is 2.75 bits per heavy atom. The van der Waals surface area contributed by atoms with Gasteiger partial charge in [0.2, 0.25) is 5.88 Å². The number of ether oxygens (including phenoxy) is 3. The van der Waals surface area contributed by atoms with Crippen molar-refractivity contribution in [2.24, 2.45) is 29.2 Å². The SMILES string of the molecule is COc1nn(C)cc1C(=O)NC1[C@@H](C)[C@H](O)/C=C/[C@H](OC)[C@@H]2CC[C@H]2CN2C[C@@]3(CCCc4cc(Cl)ccc43)COc3ccc(cc32)C(=O)N=[S-]1=O. The van der Waals surface area contributed by atoms with Crippen molar-refractivity contribution in [1.29, 1.82) is 0 Å². The van der Waals surface area contributed by atoms with E-state index in [-0.39, 0.29) is 40.4 Å². The van der Waals surface area contributed by atoms with Crippen LogP contribution >= 0.6 is 11.6 Å². The van der Waals surface area contributed by atoms with Gasteiger partial charge >= 0.3 is 0 Å². The number of rotatable bonds is 4. The second-order valence-corrected chi connectivity index (χ2v) is 16.2. The maximum atomic E-state index is 14.0. The number of amides is 2. The van der Waals surface area contributed by atoms with E-state index in [1.807, 2.05) is 12.1 Å². The van der Waals surface area contributed by atoms with E-state index in [1.54, 1.807) is 45.4 Å². The minimum absolute atomic E-state index is 0.0807. The van der Waals surface area contributed by atoms with Gasteiger partial charge in [0.1, 0.15) is 11.3 Å². The summed E-state index contributed by atoms with van der Waals surface area (Å²) >= 11 is 6.44. The fourth-order valence-electron chi connectivity index (χ4n) is 8.30. The molecule has 1 spiro atoms. The fourth-order valence-corrected chi connectivity index (χ4v) is 9.61. The number of aromatic nitrogens is 2. The molecule has 1 saturated carbocycles. The van der Waals surface area contributed by atoms with E-state index in [9.17, 15) is 18.9 Å². The van der Waals surface area contributed by atoms with Crippen molar-refractivity contribution in [3.05, 3.63) is 82.0 Å². The van der Waals surface area contributed by atoms with Crippen molar-refractivity contribution in [3.8, 4) is 11.6 Å². The molecule has 2 aromatic carbocycles. The number of benzene rings is 2. The number of aliphatic hydroxyl groups excluding tert-OH is 1. The highest BCUT2D eigenvalue weighted by atomic mass is 35.5. The summed E-state index contributed by atoms with van der Waals surface area (Å²) < 4.78 is 37.4. The van der Waals surface area contributed by atoms with Gasteiger partial charge in [0.15, 0.2) is 0 Å². The third kappa shape index (κ3) is 6.95. The summed E-state index contributed by atoms with van der Waals surface area (Å²) in [6.45, 7) is 3.52. The van der Waals surface area contributed by atoms with E-state index in [1.165, 1.54) is 29.1 Å². The highest BCUT2D eigenvalue weighted by molar-refractivity contribution is 7.75. The van der Waals surface area contributed by atoms with Gasteiger partial charge in [-0.05, 0) is 96.7 Å². The number of aliphatic hydroxyl groups is 1. The first-order valence-electron chi connectivity index (χ1n) is 17.8. The zero-order valence-corrected chi connectivity index (χ0v) is 31.4. The van der Waals surface area contributed by atoms with Gasteiger partial charge < -0.3 is 38.1 Å². The predicted octanol–water partition coefficient (Wildman–Crippen LogP) is 5.21. The van der Waals surface area contributed by atoms with Crippen LogP contribution < -0.4 is 19.7 Å². The number of nitrogens with zero attached hydrogens (tertiary/aromatic N) is 4. The first-order valence-corrected chi connectivity index (χ1v) is 19.3. The maximum absolute atomic E-state index is 14.0. The topological polar surface area (TPSA) is 145 Å². The number of fused-ring (bicyclic) bond motifs is 4. The molecule has 1 unspecified atom stereocenters. The Morgan fingerprint density at radius 2 is 2.00 bits per heavy atom. The summed E-state index contributed by atoms with van der Waals surface area (Å²) in [5.41, 5.74) is 3.32. The highest BCUT2D eigenvalue weighted by Gasteiger charge is 2.44. The van der Waals surface area contributed by atoms with E-state index < -0.39 is 39.8 Å². The largest absolute Gasteiger partial charge is 0.490 e. The number of carbonyl (C=O) groups excluding carboxylic acids is 2. The molecule has 3 heterocycles. The lowest BCUT2D eigenvalue weighted by molar-refractivity contribution is 0.0123. The lowest BCUT2D eigenvalue weighted by atomic mass is 9.68. The number of nitrogens with one attached hydrogen (secondary N) is 1. The quantitative estimate of drug-likeness (QED) is 0.271. The van der Waals surface area contributed by atoms with E-state index in [0.717, 1.165) is 42.8 Å². The van der Waals surface area contributed by atoms with Crippen LogP contribution in [0.25, 0.3) is 0 Å². The number of anilines is 1. The molecule has 0 saturated heterocycles. The predicted molar refractivity (Wildman–Crippen MR) is 197 cm³/mol. The smallest absolute Gasteiger partial charge is 0.257 e. The lowest BCUT2D eigenvalue weighted by Crippen LogP contribution is -2.49. The van der Waals surface area contributed by atoms with E-state index in [2.05, 4.69) is 31.8 Å². The number of carbonyl (C=O) groups is 2. The van der Waals surface area contributed by atoms with Crippen LogP contribution in [-0.2, 0) is 38.4 Å². The van der Waals surface area contributed by atoms with Crippen LogP contribution in [0.5, 0.6) is 11.6 Å². The molecule has 4 aliphatic rings. The van der Waals surface area contributed by atoms with Crippen LogP contribution in [0.1, 0.15) is 64.4 Å². The number of halogens is 1. The van der Waals surface area contributed by atoms with E-state index in [0.29, 0.717) is 25.4 Å². The summed E-state index contributed by atoms with van der Waals surface area (Å²) in [6.07, 6.45) is 8.39. The van der Waals surface area contributed by atoms with E-state index in [4.69, 9.17) is 25.8 Å². The van der Waals surface area contributed by atoms with Gasteiger partial charge in [0.25, 0.3) is 11.8 Å². The van der Waals surface area contributed by atoms with Gasteiger partial charge in [-0.25, -0.2) is 0 Å². The second-order valence-electron chi connectivity index (χ2n) is 14.5. The van der Waals surface area contributed by atoms with Gasteiger partial charge in [-0.15, -0.1) is 5.10 Å². The molecule has 2 amide bonds. The Kier molecular flexibility index (Phi) is 10.4. The molecular weight excluding hydrogens is 706 g/mol. The molecule has 52 heavy (non-hydrogen) atoms. The van der Waals surface area contributed by atoms with Gasteiger partial charge in [0, 0.05) is 49.4 Å². The van der Waals surface area contributed by atoms with Crippen LogP contribution in [-0.4, -0.2) is 78.2 Å². The zero-order chi connectivity index (χ0) is 36.7. The molecule has 2 N–H and O–H groups in total.